The largest absolute Gasteiger partial charge is 0.316 e. The van der Waals surface area contributed by atoms with E-state index in [4.69, 9.17) is 0 Å². The molecule has 1 rings (SSSR count). The molecule has 0 aliphatic carbocycles. The number of nitrogens with zero attached hydrogens (tertiary/aromatic N) is 1. The molecule has 1 heterocycles. The van der Waals surface area contributed by atoms with E-state index in [2.05, 4.69) is 6.92 Å². The first kappa shape index (κ1) is 9.04. The van der Waals surface area contributed by atoms with E-state index in [-0.39, 0.29) is 5.56 Å². The highest BCUT2D eigenvalue weighted by Gasteiger charge is 1.94. The van der Waals surface area contributed by atoms with Crippen molar-refractivity contribution in [1.29, 1.82) is 0 Å². The van der Waals surface area contributed by atoms with Gasteiger partial charge in [-0.2, -0.15) is 0 Å². The molecule has 0 unspecified atom stereocenters. The topological polar surface area (TPSA) is 22.0 Å². The Labute approximate surface area is 72.8 Å². The third-order valence-electron chi connectivity index (χ3n) is 1.94. The summed E-state index contributed by atoms with van der Waals surface area (Å²) in [6.45, 7) is 4.84. The number of hydrogen-bond donors (Lipinski definition) is 0. The molecule has 2 heteroatoms. The molecule has 0 spiro atoms. The van der Waals surface area contributed by atoms with Gasteiger partial charge in [-0.15, -0.1) is 0 Å². The van der Waals surface area contributed by atoms with E-state index in [0.29, 0.717) is 0 Å². The van der Waals surface area contributed by atoms with E-state index in [1.165, 1.54) is 0 Å². The molecule has 66 valence electrons. The van der Waals surface area contributed by atoms with Crippen LogP contribution in [0, 0.1) is 0 Å². The van der Waals surface area contributed by atoms with Crippen molar-refractivity contribution < 1.29 is 0 Å². The highest BCUT2D eigenvalue weighted by atomic mass is 16.1. The maximum atomic E-state index is 11.3. The lowest BCUT2D eigenvalue weighted by Gasteiger charge is -2.02. The van der Waals surface area contributed by atoms with Crippen LogP contribution in [0.15, 0.2) is 23.1 Å². The van der Waals surface area contributed by atoms with Gasteiger partial charge in [0.05, 0.1) is 0 Å². The third-order valence-corrected chi connectivity index (χ3v) is 1.94. The second kappa shape index (κ2) is 4.10. The zero-order valence-electron chi connectivity index (χ0n) is 7.71. The van der Waals surface area contributed by atoms with E-state index in [1.807, 2.05) is 19.2 Å². The predicted octanol–water partition coefficient (Wildman–Crippen LogP) is 1.82. The van der Waals surface area contributed by atoms with Gasteiger partial charge < -0.3 is 4.57 Å². The molecule has 0 aliphatic heterocycles. The Hall–Kier alpha value is -1.05. The summed E-state index contributed by atoms with van der Waals surface area (Å²) in [7, 11) is 0. The third kappa shape index (κ3) is 1.97. The van der Waals surface area contributed by atoms with Gasteiger partial charge in [-0.25, -0.2) is 0 Å². The number of pyridine rings is 1. The SMILES string of the molecule is CCCc1ccn(CC)c(=O)c1. The average Bonchev–Trinajstić information content (AvgIpc) is 2.05. The smallest absolute Gasteiger partial charge is 0.250 e. The number of hydrogen-bond acceptors (Lipinski definition) is 1. The zero-order valence-corrected chi connectivity index (χ0v) is 7.71. The fourth-order valence-electron chi connectivity index (χ4n) is 1.25. The Morgan fingerprint density at radius 2 is 2.17 bits per heavy atom. The fraction of sp³-hybridized carbons (Fsp3) is 0.500. The van der Waals surface area contributed by atoms with Gasteiger partial charge in [0.2, 0.25) is 0 Å². The van der Waals surface area contributed by atoms with Crippen molar-refractivity contribution in [3.63, 3.8) is 0 Å². The van der Waals surface area contributed by atoms with E-state index in [9.17, 15) is 4.79 Å². The highest BCUT2D eigenvalue weighted by molar-refractivity contribution is 5.10. The molecule has 0 amide bonds. The molecule has 1 aromatic rings. The minimum absolute atomic E-state index is 0.114. The van der Waals surface area contributed by atoms with E-state index in [0.717, 1.165) is 24.9 Å². The lowest BCUT2D eigenvalue weighted by Crippen LogP contribution is -2.17. The second-order valence-electron chi connectivity index (χ2n) is 2.91. The molecule has 0 atom stereocenters. The van der Waals surface area contributed by atoms with Crippen molar-refractivity contribution in [2.45, 2.75) is 33.2 Å². The van der Waals surface area contributed by atoms with Gasteiger partial charge in [-0.3, -0.25) is 4.79 Å². The van der Waals surface area contributed by atoms with Crippen molar-refractivity contribution in [1.82, 2.24) is 4.57 Å². The van der Waals surface area contributed by atoms with Crippen LogP contribution in [-0.4, -0.2) is 4.57 Å². The van der Waals surface area contributed by atoms with E-state index in [1.54, 1.807) is 10.6 Å². The molecular formula is C10H15NO. The van der Waals surface area contributed by atoms with Crippen LogP contribution in [0.4, 0.5) is 0 Å². The normalized spacial score (nSPS) is 10.2. The molecule has 0 radical (unpaired) electrons. The van der Waals surface area contributed by atoms with Crippen LogP contribution in [-0.2, 0) is 13.0 Å². The maximum Gasteiger partial charge on any atom is 0.250 e. The molecule has 12 heavy (non-hydrogen) atoms. The Kier molecular flexibility index (Phi) is 3.09. The molecule has 0 saturated carbocycles. The Balaban J connectivity index is 2.94. The fourth-order valence-corrected chi connectivity index (χ4v) is 1.25. The van der Waals surface area contributed by atoms with Crippen molar-refractivity contribution in [3.05, 3.63) is 34.2 Å². The minimum Gasteiger partial charge on any atom is -0.316 e. The molecule has 0 fully saturated rings. The summed E-state index contributed by atoms with van der Waals surface area (Å²) in [6, 6.07) is 3.75. The first-order chi connectivity index (χ1) is 5.77. The summed E-state index contributed by atoms with van der Waals surface area (Å²) in [5, 5.41) is 0. The minimum atomic E-state index is 0.114. The zero-order chi connectivity index (χ0) is 8.97. The first-order valence-electron chi connectivity index (χ1n) is 4.47. The lowest BCUT2D eigenvalue weighted by atomic mass is 10.1. The molecule has 1 aromatic heterocycles. The van der Waals surface area contributed by atoms with Crippen LogP contribution < -0.4 is 5.56 Å². The summed E-state index contributed by atoms with van der Waals surface area (Å²) < 4.78 is 1.71. The lowest BCUT2D eigenvalue weighted by molar-refractivity contribution is 0.721. The summed E-state index contributed by atoms with van der Waals surface area (Å²) in [5.41, 5.74) is 1.26. The van der Waals surface area contributed by atoms with Crippen LogP contribution in [0.3, 0.4) is 0 Å². The monoisotopic (exact) mass is 165 g/mol. The van der Waals surface area contributed by atoms with Crippen molar-refractivity contribution >= 4 is 0 Å². The Morgan fingerprint density at radius 3 is 2.67 bits per heavy atom. The molecule has 0 N–H and O–H groups in total. The quantitative estimate of drug-likeness (QED) is 0.669. The van der Waals surface area contributed by atoms with Gasteiger partial charge in [0.1, 0.15) is 0 Å². The molecule has 0 aliphatic rings. The van der Waals surface area contributed by atoms with Gasteiger partial charge in [0.15, 0.2) is 0 Å². The van der Waals surface area contributed by atoms with E-state index < -0.39 is 0 Å². The summed E-state index contributed by atoms with van der Waals surface area (Å²) in [5.74, 6) is 0. The summed E-state index contributed by atoms with van der Waals surface area (Å²) in [6.07, 6.45) is 3.96. The Morgan fingerprint density at radius 1 is 1.42 bits per heavy atom. The van der Waals surface area contributed by atoms with Crippen LogP contribution in [0.5, 0.6) is 0 Å². The van der Waals surface area contributed by atoms with Gasteiger partial charge in [0.25, 0.3) is 5.56 Å². The number of aromatic nitrogens is 1. The number of rotatable bonds is 3. The summed E-state index contributed by atoms with van der Waals surface area (Å²) >= 11 is 0. The molecule has 2 nitrogen and oxygen atoms in total. The van der Waals surface area contributed by atoms with Gasteiger partial charge in [-0.1, -0.05) is 13.3 Å². The van der Waals surface area contributed by atoms with Crippen LogP contribution in [0.2, 0.25) is 0 Å². The standard InChI is InChI=1S/C10H15NO/c1-3-5-9-6-7-11(4-2)10(12)8-9/h6-8H,3-5H2,1-2H3. The van der Waals surface area contributed by atoms with Crippen molar-refractivity contribution in [2.75, 3.05) is 0 Å². The molecule has 0 saturated heterocycles. The number of aryl methyl sites for hydroxylation is 2. The Bertz CT molecular complexity index is 301. The molecular weight excluding hydrogens is 150 g/mol. The van der Waals surface area contributed by atoms with Crippen LogP contribution in [0.25, 0.3) is 0 Å². The van der Waals surface area contributed by atoms with Crippen molar-refractivity contribution in [2.24, 2.45) is 0 Å². The van der Waals surface area contributed by atoms with Gasteiger partial charge >= 0.3 is 0 Å². The van der Waals surface area contributed by atoms with Crippen LogP contribution in [0.1, 0.15) is 25.8 Å². The van der Waals surface area contributed by atoms with Gasteiger partial charge in [0, 0.05) is 18.8 Å². The molecule has 0 aromatic carbocycles. The van der Waals surface area contributed by atoms with Crippen LogP contribution >= 0.6 is 0 Å². The predicted molar refractivity (Wildman–Crippen MR) is 50.4 cm³/mol. The average molecular weight is 165 g/mol. The first-order valence-corrected chi connectivity index (χ1v) is 4.47. The second-order valence-corrected chi connectivity index (χ2v) is 2.91. The maximum absolute atomic E-state index is 11.3. The van der Waals surface area contributed by atoms with Gasteiger partial charge in [-0.05, 0) is 25.0 Å². The highest BCUT2D eigenvalue weighted by Crippen LogP contribution is 1.98. The van der Waals surface area contributed by atoms with E-state index >= 15 is 0 Å². The molecule has 0 bridgehead atoms. The summed E-state index contributed by atoms with van der Waals surface area (Å²) in [4.78, 5) is 11.3. The van der Waals surface area contributed by atoms with Crippen molar-refractivity contribution in [3.8, 4) is 0 Å².